The van der Waals surface area contributed by atoms with Crippen molar-refractivity contribution < 1.29 is 9.21 Å². The van der Waals surface area contributed by atoms with Crippen molar-refractivity contribution in [3.8, 4) is 0 Å². The van der Waals surface area contributed by atoms with Crippen LogP contribution < -0.4 is 10.6 Å². The van der Waals surface area contributed by atoms with Crippen LogP contribution in [0.2, 0.25) is 0 Å². The molecule has 1 saturated carbocycles. The van der Waals surface area contributed by atoms with Crippen LogP contribution in [0.1, 0.15) is 35.9 Å². The van der Waals surface area contributed by atoms with Crippen LogP contribution in [0.4, 0.5) is 5.82 Å². The van der Waals surface area contributed by atoms with E-state index in [9.17, 15) is 4.79 Å². The molecule has 2 N–H and O–H groups in total. The minimum absolute atomic E-state index is 0.0542. The fourth-order valence-electron chi connectivity index (χ4n) is 2.18. The molecule has 0 atom stereocenters. The minimum atomic E-state index is -0.268. The molecule has 0 aromatic carbocycles. The van der Waals surface area contributed by atoms with Crippen molar-refractivity contribution in [3.05, 3.63) is 30.4 Å². The zero-order valence-corrected chi connectivity index (χ0v) is 11.5. The van der Waals surface area contributed by atoms with Crippen LogP contribution in [0.3, 0.4) is 0 Å². The molecule has 0 bridgehead atoms. The summed E-state index contributed by atoms with van der Waals surface area (Å²) in [6.07, 6.45) is 4.96. The van der Waals surface area contributed by atoms with Crippen molar-refractivity contribution in [2.24, 2.45) is 0 Å². The second kappa shape index (κ2) is 4.33. The normalized spacial score (nSPS) is 15.9. The number of anilines is 1. The van der Waals surface area contributed by atoms with E-state index in [-0.39, 0.29) is 11.4 Å². The van der Waals surface area contributed by atoms with E-state index in [4.69, 9.17) is 4.42 Å². The molecule has 2 aromatic rings. The lowest BCUT2D eigenvalue weighted by Crippen LogP contribution is -2.20. The molecule has 6 heteroatoms. The fraction of sp³-hybridized carbons (Fsp3) is 0.357. The molecular formula is C14H16N4O2. The first-order valence-electron chi connectivity index (χ1n) is 6.48. The van der Waals surface area contributed by atoms with Crippen molar-refractivity contribution in [3.63, 3.8) is 0 Å². The third kappa shape index (κ3) is 2.03. The summed E-state index contributed by atoms with van der Waals surface area (Å²) in [6, 6.07) is 0. The number of hydrogen-bond donors (Lipinski definition) is 2. The average Bonchev–Trinajstić information content (AvgIpc) is 3.00. The van der Waals surface area contributed by atoms with Gasteiger partial charge in [-0.25, -0.2) is 9.97 Å². The Balaban J connectivity index is 2.15. The molecular weight excluding hydrogens is 256 g/mol. The Morgan fingerprint density at radius 1 is 1.50 bits per heavy atom. The molecule has 20 heavy (non-hydrogen) atoms. The number of nitrogens with one attached hydrogen (secondary N) is 2. The number of fused-ring (bicyclic) bond motifs is 1. The molecule has 1 aliphatic carbocycles. The van der Waals surface area contributed by atoms with Gasteiger partial charge in [-0.2, -0.15) is 0 Å². The molecule has 0 unspecified atom stereocenters. The molecule has 2 heterocycles. The second-order valence-corrected chi connectivity index (χ2v) is 5.30. The van der Waals surface area contributed by atoms with Crippen LogP contribution in [0.15, 0.2) is 23.5 Å². The van der Waals surface area contributed by atoms with Gasteiger partial charge < -0.3 is 15.1 Å². The van der Waals surface area contributed by atoms with Gasteiger partial charge in [0.05, 0.1) is 10.9 Å². The van der Waals surface area contributed by atoms with E-state index in [1.807, 2.05) is 0 Å². The summed E-state index contributed by atoms with van der Waals surface area (Å²) in [5.41, 5.74) is 0.921. The summed E-state index contributed by atoms with van der Waals surface area (Å²) < 4.78 is 5.56. The maximum atomic E-state index is 12.1. The third-order valence-electron chi connectivity index (χ3n) is 3.54. The molecule has 0 radical (unpaired) electrons. The summed E-state index contributed by atoms with van der Waals surface area (Å²) >= 11 is 0. The summed E-state index contributed by atoms with van der Waals surface area (Å²) in [4.78, 5) is 20.5. The number of furan rings is 1. The number of rotatable bonds is 4. The number of amides is 1. The largest absolute Gasteiger partial charge is 0.442 e. The first kappa shape index (κ1) is 12.7. The van der Waals surface area contributed by atoms with E-state index in [1.165, 1.54) is 12.5 Å². The first-order chi connectivity index (χ1) is 9.54. The third-order valence-corrected chi connectivity index (χ3v) is 3.54. The second-order valence-electron chi connectivity index (χ2n) is 5.30. The predicted octanol–water partition coefficient (Wildman–Crippen LogP) is 2.37. The molecule has 104 valence electrons. The van der Waals surface area contributed by atoms with Gasteiger partial charge in [-0.05, 0) is 32.9 Å². The average molecular weight is 272 g/mol. The number of hydrogen-bond acceptors (Lipinski definition) is 5. The standard InChI is InChI=1S/C14H16N4O2/c1-4-15-12(19)9-8(2)20-13-10(9)11(16-7-17-13)18-14(3)5-6-14/h4,7H,1,5-6H2,2-3H3,(H,15,19)(H,16,17,18). The van der Waals surface area contributed by atoms with Crippen LogP contribution in [-0.2, 0) is 0 Å². The van der Waals surface area contributed by atoms with Crippen LogP contribution in [0, 0.1) is 6.92 Å². The molecule has 2 aromatic heterocycles. The Morgan fingerprint density at radius 2 is 2.25 bits per heavy atom. The van der Waals surface area contributed by atoms with Crippen molar-refractivity contribution in [1.82, 2.24) is 15.3 Å². The summed E-state index contributed by atoms with van der Waals surface area (Å²) in [5, 5.41) is 6.56. The fourth-order valence-corrected chi connectivity index (χ4v) is 2.18. The van der Waals surface area contributed by atoms with Crippen LogP contribution in [0.5, 0.6) is 0 Å². The van der Waals surface area contributed by atoms with Crippen molar-refractivity contribution in [2.75, 3.05) is 5.32 Å². The highest BCUT2D eigenvalue weighted by atomic mass is 16.3. The minimum Gasteiger partial charge on any atom is -0.442 e. The molecule has 1 amide bonds. The zero-order chi connectivity index (χ0) is 14.3. The van der Waals surface area contributed by atoms with Gasteiger partial charge in [0, 0.05) is 5.54 Å². The van der Waals surface area contributed by atoms with E-state index in [2.05, 4.69) is 34.1 Å². The maximum Gasteiger partial charge on any atom is 0.259 e. The Kier molecular flexibility index (Phi) is 2.74. The summed E-state index contributed by atoms with van der Waals surface area (Å²) in [6.45, 7) is 7.36. The highest BCUT2D eigenvalue weighted by Gasteiger charge is 2.38. The van der Waals surface area contributed by atoms with E-state index in [0.717, 1.165) is 12.8 Å². The Morgan fingerprint density at radius 3 is 2.90 bits per heavy atom. The van der Waals surface area contributed by atoms with Crippen molar-refractivity contribution in [2.45, 2.75) is 32.2 Å². The Hall–Kier alpha value is -2.37. The van der Waals surface area contributed by atoms with Gasteiger partial charge in [-0.1, -0.05) is 6.58 Å². The lowest BCUT2D eigenvalue weighted by molar-refractivity contribution is 0.0970. The van der Waals surface area contributed by atoms with Gasteiger partial charge in [0.2, 0.25) is 5.71 Å². The predicted molar refractivity (Wildman–Crippen MR) is 75.5 cm³/mol. The van der Waals surface area contributed by atoms with Gasteiger partial charge >= 0.3 is 0 Å². The van der Waals surface area contributed by atoms with Crippen LogP contribution in [0.25, 0.3) is 11.1 Å². The van der Waals surface area contributed by atoms with E-state index in [1.54, 1.807) is 6.92 Å². The number of carbonyl (C=O) groups is 1. The van der Waals surface area contributed by atoms with Crippen molar-refractivity contribution >= 4 is 22.8 Å². The molecule has 6 nitrogen and oxygen atoms in total. The molecule has 1 fully saturated rings. The lowest BCUT2D eigenvalue weighted by atomic mass is 10.1. The van der Waals surface area contributed by atoms with E-state index in [0.29, 0.717) is 28.2 Å². The van der Waals surface area contributed by atoms with Crippen LogP contribution in [-0.4, -0.2) is 21.4 Å². The van der Waals surface area contributed by atoms with E-state index >= 15 is 0 Å². The van der Waals surface area contributed by atoms with Gasteiger partial charge in [0.15, 0.2) is 0 Å². The maximum absolute atomic E-state index is 12.1. The number of nitrogens with zero attached hydrogens (tertiary/aromatic N) is 2. The molecule has 1 aliphatic rings. The first-order valence-corrected chi connectivity index (χ1v) is 6.48. The summed E-state index contributed by atoms with van der Waals surface area (Å²) in [7, 11) is 0. The van der Waals surface area contributed by atoms with E-state index < -0.39 is 0 Å². The highest BCUT2D eigenvalue weighted by Crippen LogP contribution is 2.40. The lowest BCUT2D eigenvalue weighted by Gasteiger charge is -2.12. The number of aromatic nitrogens is 2. The molecule has 0 spiro atoms. The SMILES string of the molecule is C=CNC(=O)c1c(C)oc2ncnc(NC3(C)CC3)c12. The number of aryl methyl sites for hydroxylation is 1. The topological polar surface area (TPSA) is 80.1 Å². The Labute approximate surface area is 116 Å². The van der Waals surface area contributed by atoms with Crippen molar-refractivity contribution in [1.29, 1.82) is 0 Å². The van der Waals surface area contributed by atoms with Crippen LogP contribution >= 0.6 is 0 Å². The monoisotopic (exact) mass is 272 g/mol. The number of carbonyl (C=O) groups excluding carboxylic acids is 1. The van der Waals surface area contributed by atoms with Gasteiger partial charge in [0.1, 0.15) is 17.9 Å². The van der Waals surface area contributed by atoms with Gasteiger partial charge in [0.25, 0.3) is 5.91 Å². The molecule has 0 saturated heterocycles. The van der Waals surface area contributed by atoms with Gasteiger partial charge in [-0.3, -0.25) is 4.79 Å². The summed E-state index contributed by atoms with van der Waals surface area (Å²) in [5.74, 6) is 0.889. The molecule has 3 rings (SSSR count). The quantitative estimate of drug-likeness (QED) is 0.893. The molecule has 0 aliphatic heterocycles. The zero-order valence-electron chi connectivity index (χ0n) is 11.5. The highest BCUT2D eigenvalue weighted by molar-refractivity contribution is 6.10. The van der Waals surface area contributed by atoms with Gasteiger partial charge in [-0.15, -0.1) is 0 Å². The smallest absolute Gasteiger partial charge is 0.259 e. The Bertz CT molecular complexity index is 701.